The predicted molar refractivity (Wildman–Crippen MR) is 116 cm³/mol. The lowest BCUT2D eigenvalue weighted by atomic mass is 10.1. The molecule has 0 radical (unpaired) electrons. The van der Waals surface area contributed by atoms with Crippen molar-refractivity contribution >= 4 is 29.2 Å². The van der Waals surface area contributed by atoms with Gasteiger partial charge in [-0.1, -0.05) is 29.1 Å². The Hall–Kier alpha value is -3.99. The molecule has 2 aromatic carbocycles. The third-order valence-corrected chi connectivity index (χ3v) is 5.35. The van der Waals surface area contributed by atoms with E-state index in [2.05, 4.69) is 15.5 Å². The van der Waals surface area contributed by atoms with Gasteiger partial charge in [0.25, 0.3) is 5.69 Å². The van der Waals surface area contributed by atoms with Crippen LogP contribution in [0.5, 0.6) is 0 Å². The van der Waals surface area contributed by atoms with Crippen LogP contribution in [-0.4, -0.2) is 31.3 Å². The van der Waals surface area contributed by atoms with Crippen LogP contribution in [-0.2, 0) is 4.79 Å². The van der Waals surface area contributed by atoms with Crippen LogP contribution in [0.4, 0.5) is 15.9 Å². The van der Waals surface area contributed by atoms with Gasteiger partial charge in [0.05, 0.1) is 22.6 Å². The summed E-state index contributed by atoms with van der Waals surface area (Å²) in [7, 11) is 0. The van der Waals surface area contributed by atoms with E-state index in [4.69, 9.17) is 4.52 Å². The first-order valence-electron chi connectivity index (χ1n) is 9.35. The Morgan fingerprint density at radius 2 is 2.03 bits per heavy atom. The lowest BCUT2D eigenvalue weighted by Crippen LogP contribution is -2.14. The van der Waals surface area contributed by atoms with E-state index in [1.807, 2.05) is 0 Å². The molecule has 0 fully saturated rings. The number of nitro groups is 1. The molecule has 0 aliphatic rings. The highest BCUT2D eigenvalue weighted by Crippen LogP contribution is 2.31. The molecule has 0 atom stereocenters. The molecule has 4 aromatic rings. The van der Waals surface area contributed by atoms with Gasteiger partial charge in [-0.15, -0.1) is 0 Å². The number of hydrogen-bond donors (Lipinski definition) is 1. The monoisotopic (exact) mass is 453 g/mol. The first-order chi connectivity index (χ1) is 15.4. The number of carbonyl (C=O) groups excluding carboxylic acids is 1. The molecular formula is C21H16FN5O4S. The van der Waals surface area contributed by atoms with E-state index in [1.165, 1.54) is 24.3 Å². The zero-order chi connectivity index (χ0) is 22.7. The number of amides is 1. The number of hydrogen-bond acceptors (Lipinski definition) is 7. The van der Waals surface area contributed by atoms with Crippen LogP contribution in [0.3, 0.4) is 0 Å². The molecular weight excluding hydrogens is 437 g/mol. The normalized spacial score (nSPS) is 10.8. The van der Waals surface area contributed by atoms with Crippen LogP contribution < -0.4 is 5.32 Å². The summed E-state index contributed by atoms with van der Waals surface area (Å²) in [5, 5.41) is 18.0. The number of benzene rings is 2. The molecule has 1 amide bonds. The topological polar surface area (TPSA) is 116 Å². The average Bonchev–Trinajstić information content (AvgIpc) is 3.39. The molecule has 0 aliphatic heterocycles. The number of rotatable bonds is 7. The third-order valence-electron chi connectivity index (χ3n) is 4.39. The van der Waals surface area contributed by atoms with Crippen molar-refractivity contribution in [2.45, 2.75) is 12.1 Å². The molecule has 0 aliphatic carbocycles. The molecule has 0 unspecified atom stereocenters. The van der Waals surface area contributed by atoms with Crippen molar-refractivity contribution in [1.29, 1.82) is 0 Å². The number of nitrogens with one attached hydrogen (secondary N) is 1. The van der Waals surface area contributed by atoms with Crippen molar-refractivity contribution in [2.75, 3.05) is 11.1 Å². The van der Waals surface area contributed by atoms with E-state index in [1.54, 1.807) is 48.0 Å². The molecule has 0 spiro atoms. The molecule has 2 heterocycles. The molecule has 162 valence electrons. The molecule has 0 saturated heterocycles. The highest BCUT2D eigenvalue weighted by molar-refractivity contribution is 7.99. The quantitative estimate of drug-likeness (QED) is 0.247. The van der Waals surface area contributed by atoms with Crippen molar-refractivity contribution in [1.82, 2.24) is 14.7 Å². The van der Waals surface area contributed by atoms with Gasteiger partial charge >= 0.3 is 0 Å². The van der Waals surface area contributed by atoms with E-state index >= 15 is 0 Å². The number of nitro benzene ring substituents is 1. The molecule has 1 N–H and O–H groups in total. The summed E-state index contributed by atoms with van der Waals surface area (Å²) in [6.45, 7) is 1.71. The van der Waals surface area contributed by atoms with Crippen LogP contribution in [0.15, 0.2) is 70.5 Å². The molecule has 2 aromatic heterocycles. The molecule has 9 nitrogen and oxygen atoms in total. The molecule has 4 rings (SSSR count). The van der Waals surface area contributed by atoms with Crippen molar-refractivity contribution in [2.24, 2.45) is 0 Å². The smallest absolute Gasteiger partial charge is 0.270 e. The van der Waals surface area contributed by atoms with Crippen LogP contribution >= 0.6 is 11.8 Å². The summed E-state index contributed by atoms with van der Waals surface area (Å²) in [5.41, 5.74) is 1.66. The predicted octanol–water partition coefficient (Wildman–Crippen LogP) is 4.61. The average molecular weight is 453 g/mol. The fourth-order valence-corrected chi connectivity index (χ4v) is 3.79. The number of nitrogens with zero attached hydrogens (tertiary/aromatic N) is 4. The zero-order valence-corrected chi connectivity index (χ0v) is 17.5. The number of imidazole rings is 1. The highest BCUT2D eigenvalue weighted by Gasteiger charge is 2.18. The first kappa shape index (κ1) is 21.2. The number of halogens is 1. The second-order valence-electron chi connectivity index (χ2n) is 6.70. The Labute approximate surface area is 185 Å². The van der Waals surface area contributed by atoms with Gasteiger partial charge in [0.15, 0.2) is 11.0 Å². The number of aromatic nitrogens is 3. The van der Waals surface area contributed by atoms with Crippen LogP contribution in [0.1, 0.15) is 5.76 Å². The zero-order valence-electron chi connectivity index (χ0n) is 16.7. The fraction of sp³-hybridized carbons (Fsp3) is 0.0952. The Balaban J connectivity index is 1.65. The minimum absolute atomic E-state index is 0.0263. The molecule has 11 heteroatoms. The van der Waals surface area contributed by atoms with Gasteiger partial charge in [-0.05, 0) is 31.2 Å². The highest BCUT2D eigenvalue weighted by atomic mass is 32.2. The van der Waals surface area contributed by atoms with Crippen molar-refractivity contribution in [3.63, 3.8) is 0 Å². The number of non-ortho nitro benzene ring substituents is 1. The van der Waals surface area contributed by atoms with Gasteiger partial charge in [0.1, 0.15) is 11.6 Å². The summed E-state index contributed by atoms with van der Waals surface area (Å²) in [6.07, 6.45) is 1.56. The van der Waals surface area contributed by atoms with Gasteiger partial charge in [-0.3, -0.25) is 19.5 Å². The number of aryl methyl sites for hydroxylation is 1. The lowest BCUT2D eigenvalue weighted by molar-refractivity contribution is -0.384. The minimum Gasteiger partial charge on any atom is -0.360 e. The van der Waals surface area contributed by atoms with Crippen molar-refractivity contribution in [3.8, 4) is 16.9 Å². The maximum atomic E-state index is 13.5. The van der Waals surface area contributed by atoms with E-state index in [0.29, 0.717) is 33.7 Å². The van der Waals surface area contributed by atoms with Gasteiger partial charge in [0.2, 0.25) is 5.91 Å². The minimum atomic E-state index is -0.478. The largest absolute Gasteiger partial charge is 0.360 e. The Kier molecular flexibility index (Phi) is 5.99. The first-order valence-corrected chi connectivity index (χ1v) is 10.3. The second-order valence-corrected chi connectivity index (χ2v) is 7.65. The summed E-state index contributed by atoms with van der Waals surface area (Å²) in [4.78, 5) is 27.4. The van der Waals surface area contributed by atoms with Gasteiger partial charge in [-0.2, -0.15) is 0 Å². The Morgan fingerprint density at radius 1 is 1.25 bits per heavy atom. The van der Waals surface area contributed by atoms with E-state index in [9.17, 15) is 19.3 Å². The van der Waals surface area contributed by atoms with Crippen LogP contribution in [0, 0.1) is 22.9 Å². The summed E-state index contributed by atoms with van der Waals surface area (Å²) >= 11 is 1.16. The second kappa shape index (κ2) is 9.02. The van der Waals surface area contributed by atoms with E-state index in [-0.39, 0.29) is 17.3 Å². The van der Waals surface area contributed by atoms with Gasteiger partial charge in [-0.25, -0.2) is 9.37 Å². The van der Waals surface area contributed by atoms with Gasteiger partial charge in [0, 0.05) is 29.4 Å². The third kappa shape index (κ3) is 4.67. The van der Waals surface area contributed by atoms with Crippen molar-refractivity contribution in [3.05, 3.63) is 82.5 Å². The standard InChI is InChI=1S/C21H16FN5O4S/c1-13-9-19(25-31-13)24-20(28)12-32-21-23-11-18(14-3-2-4-17(10-14)27(29)30)26(21)16-7-5-15(22)6-8-16/h2-11H,12H2,1H3,(H,24,25,28). The summed E-state index contributed by atoms with van der Waals surface area (Å²) in [6, 6.07) is 13.5. The number of thioether (sulfide) groups is 1. The van der Waals surface area contributed by atoms with Crippen LogP contribution in [0.25, 0.3) is 16.9 Å². The fourth-order valence-electron chi connectivity index (χ4n) is 2.99. The molecule has 0 bridgehead atoms. The molecule has 32 heavy (non-hydrogen) atoms. The number of anilines is 1. The lowest BCUT2D eigenvalue weighted by Gasteiger charge is -2.12. The van der Waals surface area contributed by atoms with Crippen molar-refractivity contribution < 1.29 is 18.6 Å². The van der Waals surface area contributed by atoms with E-state index < -0.39 is 10.7 Å². The Morgan fingerprint density at radius 3 is 2.72 bits per heavy atom. The Bertz CT molecular complexity index is 1290. The number of carbonyl (C=O) groups is 1. The van der Waals surface area contributed by atoms with E-state index in [0.717, 1.165) is 11.8 Å². The molecule has 0 saturated carbocycles. The maximum Gasteiger partial charge on any atom is 0.270 e. The van der Waals surface area contributed by atoms with Gasteiger partial charge < -0.3 is 9.84 Å². The van der Waals surface area contributed by atoms with Crippen LogP contribution in [0.2, 0.25) is 0 Å². The maximum absolute atomic E-state index is 13.5. The SMILES string of the molecule is Cc1cc(NC(=O)CSc2ncc(-c3cccc([N+](=O)[O-])c3)n2-c2ccc(F)cc2)no1. The summed E-state index contributed by atoms with van der Waals surface area (Å²) in [5.74, 6) is 0.197. The summed E-state index contributed by atoms with van der Waals surface area (Å²) < 4.78 is 20.1.